The smallest absolute Gasteiger partial charge is 0.322 e. The number of ether oxygens (including phenoxy) is 1. The first-order valence-electron chi connectivity index (χ1n) is 10.1. The summed E-state index contributed by atoms with van der Waals surface area (Å²) in [7, 11) is 0. The lowest BCUT2D eigenvalue weighted by atomic mass is 9.96. The summed E-state index contributed by atoms with van der Waals surface area (Å²) in [5, 5.41) is 28.0. The molecule has 0 aromatic heterocycles. The second-order valence-electron chi connectivity index (χ2n) is 7.25. The van der Waals surface area contributed by atoms with E-state index in [9.17, 15) is 14.7 Å². The molecule has 1 heterocycles. The summed E-state index contributed by atoms with van der Waals surface area (Å²) in [6.45, 7) is 4.89. The van der Waals surface area contributed by atoms with E-state index in [0.29, 0.717) is 40.5 Å². The second kappa shape index (κ2) is 9.82. The number of para-hydroxylation sites is 1. The van der Waals surface area contributed by atoms with Crippen molar-refractivity contribution in [2.45, 2.75) is 27.2 Å². The molecule has 0 atom stereocenters. The largest absolute Gasteiger partial charge is 0.505 e. The van der Waals surface area contributed by atoms with Crippen molar-refractivity contribution in [3.63, 3.8) is 0 Å². The molecule has 0 aliphatic carbocycles. The average Bonchev–Trinajstić information content (AvgIpc) is 2.75. The Hall–Kier alpha value is -4.07. The molecule has 0 bridgehead atoms. The Morgan fingerprint density at radius 1 is 1.09 bits per heavy atom. The number of carbonyl (C=O) groups is 2. The summed E-state index contributed by atoms with van der Waals surface area (Å²) in [5.74, 6) is -1.01. The normalized spacial score (nSPS) is 14.1. The van der Waals surface area contributed by atoms with Crippen molar-refractivity contribution < 1.29 is 24.5 Å². The van der Waals surface area contributed by atoms with Gasteiger partial charge in [-0.2, -0.15) is 5.10 Å². The number of aliphatic hydroxyl groups excluding tert-OH is 1. The third kappa shape index (κ3) is 4.97. The van der Waals surface area contributed by atoms with Crippen LogP contribution in [0.5, 0.6) is 11.5 Å². The van der Waals surface area contributed by atoms with E-state index >= 15 is 0 Å². The number of aliphatic hydroxyl groups is 1. The van der Waals surface area contributed by atoms with Gasteiger partial charge in [0.1, 0.15) is 18.0 Å². The highest BCUT2D eigenvalue weighted by molar-refractivity contribution is 6.05. The number of hydrazone groups is 1. The molecule has 2 aromatic rings. The first-order valence-corrected chi connectivity index (χ1v) is 10.1. The molecule has 3 N–H and O–H groups in total. The maximum Gasteiger partial charge on any atom is 0.322 e. The Morgan fingerprint density at radius 3 is 2.44 bits per heavy atom. The number of carboxylic acid groups (broad SMARTS) is 1. The van der Waals surface area contributed by atoms with E-state index in [1.54, 1.807) is 32.0 Å². The minimum Gasteiger partial charge on any atom is -0.505 e. The Morgan fingerprint density at radius 2 is 1.81 bits per heavy atom. The maximum atomic E-state index is 12.8. The number of rotatable bonds is 7. The molecule has 0 saturated carbocycles. The predicted molar refractivity (Wildman–Crippen MR) is 122 cm³/mol. The summed E-state index contributed by atoms with van der Waals surface area (Å²) in [6, 6.07) is 14.4. The van der Waals surface area contributed by atoms with Crippen LogP contribution in [0.1, 0.15) is 38.3 Å². The molecule has 1 aliphatic rings. The quantitative estimate of drug-likeness (QED) is 0.557. The summed E-state index contributed by atoms with van der Waals surface area (Å²) in [6.07, 6.45) is 2.52. The highest BCUT2D eigenvalue weighted by Gasteiger charge is 2.34. The standard InChI is InChI=1S/C24H25N3O5/c1-4-8-20-19-13-17(32-16-9-6-5-7-10-16)11-12-18(19)23(30)22(27(20)26-15(2)3)24(31)25-14-21(28)29/h5-13,30H,4,14H2,1-3H3,(H,25,31)(H,28,29)/b20-8+. The van der Waals surface area contributed by atoms with Gasteiger partial charge in [-0.15, -0.1) is 0 Å². The zero-order valence-corrected chi connectivity index (χ0v) is 18.1. The van der Waals surface area contributed by atoms with Gasteiger partial charge < -0.3 is 20.3 Å². The van der Waals surface area contributed by atoms with Crippen molar-refractivity contribution >= 4 is 29.0 Å². The van der Waals surface area contributed by atoms with Gasteiger partial charge in [-0.25, -0.2) is 5.01 Å². The SMILES string of the molecule is CC/C=C1\c2cc(Oc3ccccc3)ccc2C(O)=C(C(=O)NCC(=O)O)N1N=C(C)C. The minimum absolute atomic E-state index is 0.142. The van der Waals surface area contributed by atoms with Crippen LogP contribution in [-0.4, -0.2) is 39.4 Å². The molecule has 0 saturated heterocycles. The number of carboxylic acids is 1. The number of carbonyl (C=O) groups excluding carboxylic acids is 1. The number of hydrogen-bond acceptors (Lipinski definition) is 6. The van der Waals surface area contributed by atoms with Gasteiger partial charge in [0, 0.05) is 16.8 Å². The lowest BCUT2D eigenvalue weighted by Crippen LogP contribution is -2.37. The van der Waals surface area contributed by atoms with Crippen LogP contribution >= 0.6 is 0 Å². The first-order chi connectivity index (χ1) is 15.3. The highest BCUT2D eigenvalue weighted by Crippen LogP contribution is 2.40. The number of nitrogens with one attached hydrogen (secondary N) is 1. The fraction of sp³-hybridized carbons (Fsp3) is 0.208. The fourth-order valence-electron chi connectivity index (χ4n) is 3.23. The summed E-state index contributed by atoms with van der Waals surface area (Å²) < 4.78 is 5.94. The number of hydrogen-bond donors (Lipinski definition) is 3. The van der Waals surface area contributed by atoms with E-state index in [2.05, 4.69) is 10.4 Å². The molecule has 3 rings (SSSR count). The molecule has 0 radical (unpaired) electrons. The van der Waals surface area contributed by atoms with E-state index in [4.69, 9.17) is 9.84 Å². The maximum absolute atomic E-state index is 12.8. The zero-order valence-electron chi connectivity index (χ0n) is 18.1. The van der Waals surface area contributed by atoms with Gasteiger partial charge in [0.25, 0.3) is 5.91 Å². The summed E-state index contributed by atoms with van der Waals surface area (Å²) in [4.78, 5) is 23.7. The summed E-state index contributed by atoms with van der Waals surface area (Å²) >= 11 is 0. The zero-order chi connectivity index (χ0) is 23.3. The van der Waals surface area contributed by atoms with Crippen molar-refractivity contribution in [2.75, 3.05) is 6.54 Å². The van der Waals surface area contributed by atoms with Gasteiger partial charge in [-0.1, -0.05) is 31.2 Å². The molecule has 0 unspecified atom stereocenters. The molecule has 0 spiro atoms. The van der Waals surface area contributed by atoms with Crippen molar-refractivity contribution in [3.05, 3.63) is 71.4 Å². The highest BCUT2D eigenvalue weighted by atomic mass is 16.5. The van der Waals surface area contributed by atoms with Gasteiger partial charge in [-0.05, 0) is 50.6 Å². The third-order valence-corrected chi connectivity index (χ3v) is 4.48. The summed E-state index contributed by atoms with van der Waals surface area (Å²) in [5.41, 5.74) is 2.14. The van der Waals surface area contributed by atoms with Gasteiger partial charge in [0.15, 0.2) is 11.5 Å². The predicted octanol–water partition coefficient (Wildman–Crippen LogP) is 4.37. The molecular weight excluding hydrogens is 410 g/mol. The van der Waals surface area contributed by atoms with Crippen LogP contribution in [0.2, 0.25) is 0 Å². The minimum atomic E-state index is -1.19. The van der Waals surface area contributed by atoms with Crippen LogP contribution in [0.25, 0.3) is 11.5 Å². The van der Waals surface area contributed by atoms with Crippen LogP contribution in [0.15, 0.2) is 65.4 Å². The molecule has 8 heteroatoms. The van der Waals surface area contributed by atoms with Crippen LogP contribution < -0.4 is 10.1 Å². The molecular formula is C24H25N3O5. The molecule has 1 aliphatic heterocycles. The lowest BCUT2D eigenvalue weighted by molar-refractivity contribution is -0.137. The van der Waals surface area contributed by atoms with Crippen LogP contribution in [-0.2, 0) is 9.59 Å². The van der Waals surface area contributed by atoms with Crippen LogP contribution in [0.4, 0.5) is 0 Å². The molecule has 32 heavy (non-hydrogen) atoms. The van der Waals surface area contributed by atoms with E-state index in [0.717, 1.165) is 0 Å². The molecule has 0 fully saturated rings. The topological polar surface area (TPSA) is 111 Å². The Kier molecular flexibility index (Phi) is 6.94. The van der Waals surface area contributed by atoms with E-state index in [-0.39, 0.29) is 11.5 Å². The number of benzene rings is 2. The number of nitrogens with zero attached hydrogens (tertiary/aromatic N) is 2. The van der Waals surface area contributed by atoms with Crippen LogP contribution in [0.3, 0.4) is 0 Å². The first kappa shape index (κ1) is 22.6. The van der Waals surface area contributed by atoms with E-state index in [1.807, 2.05) is 43.3 Å². The van der Waals surface area contributed by atoms with Crippen LogP contribution in [0, 0.1) is 0 Å². The third-order valence-electron chi connectivity index (χ3n) is 4.48. The number of aliphatic carboxylic acids is 1. The molecule has 2 aromatic carbocycles. The average molecular weight is 435 g/mol. The molecule has 1 amide bonds. The number of allylic oxidation sites excluding steroid dienone is 1. The molecule has 166 valence electrons. The van der Waals surface area contributed by atoms with Crippen molar-refractivity contribution in [1.82, 2.24) is 10.3 Å². The van der Waals surface area contributed by atoms with Crippen molar-refractivity contribution in [3.8, 4) is 11.5 Å². The van der Waals surface area contributed by atoms with Crippen molar-refractivity contribution in [1.29, 1.82) is 0 Å². The lowest BCUT2D eigenvalue weighted by Gasteiger charge is -2.31. The number of fused-ring (bicyclic) bond motifs is 1. The van der Waals surface area contributed by atoms with E-state index in [1.165, 1.54) is 5.01 Å². The Bertz CT molecular complexity index is 1120. The van der Waals surface area contributed by atoms with Crippen molar-refractivity contribution in [2.24, 2.45) is 5.10 Å². The van der Waals surface area contributed by atoms with Gasteiger partial charge >= 0.3 is 5.97 Å². The van der Waals surface area contributed by atoms with Gasteiger partial charge in [0.05, 0.1) is 5.70 Å². The van der Waals surface area contributed by atoms with Gasteiger partial charge in [-0.3, -0.25) is 9.59 Å². The van der Waals surface area contributed by atoms with E-state index < -0.39 is 18.4 Å². The second-order valence-corrected chi connectivity index (χ2v) is 7.25. The number of amides is 1. The van der Waals surface area contributed by atoms with Gasteiger partial charge in [0.2, 0.25) is 0 Å². The fourth-order valence-corrected chi connectivity index (χ4v) is 3.23. The molecule has 8 nitrogen and oxygen atoms in total. The Balaban J connectivity index is 2.14. The Labute approximate surface area is 186 Å². The monoisotopic (exact) mass is 435 g/mol.